The molecular weight excluding hydrogens is 232 g/mol. The highest BCUT2D eigenvalue weighted by Crippen LogP contribution is 2.24. The van der Waals surface area contributed by atoms with Gasteiger partial charge in [0.1, 0.15) is 0 Å². The minimum absolute atomic E-state index is 0.184. The van der Waals surface area contributed by atoms with Crippen molar-refractivity contribution >= 4 is 17.7 Å². The minimum Gasteiger partial charge on any atom is -0.352 e. The van der Waals surface area contributed by atoms with Crippen molar-refractivity contribution in [2.24, 2.45) is 17.6 Å². The number of nitrogens with two attached hydrogens (primary N) is 1. The van der Waals surface area contributed by atoms with E-state index in [1.165, 1.54) is 19.3 Å². The largest absolute Gasteiger partial charge is 0.352 e. The molecule has 2 unspecified atom stereocenters. The van der Waals surface area contributed by atoms with Gasteiger partial charge in [-0.05, 0) is 43.4 Å². The van der Waals surface area contributed by atoms with Crippen molar-refractivity contribution in [3.63, 3.8) is 0 Å². The van der Waals surface area contributed by atoms with E-state index in [1.54, 1.807) is 11.8 Å². The van der Waals surface area contributed by atoms with E-state index in [-0.39, 0.29) is 5.91 Å². The summed E-state index contributed by atoms with van der Waals surface area (Å²) >= 11 is 1.74. The molecular formula is C13H26N2OS. The number of hydrogen-bond donors (Lipinski definition) is 2. The van der Waals surface area contributed by atoms with Crippen molar-refractivity contribution in [1.82, 2.24) is 5.32 Å². The van der Waals surface area contributed by atoms with Crippen LogP contribution in [-0.2, 0) is 4.79 Å². The van der Waals surface area contributed by atoms with Gasteiger partial charge in [-0.2, -0.15) is 11.8 Å². The van der Waals surface area contributed by atoms with Crippen molar-refractivity contribution in [3.05, 3.63) is 0 Å². The maximum atomic E-state index is 11.7. The van der Waals surface area contributed by atoms with Crippen molar-refractivity contribution in [1.29, 1.82) is 0 Å². The molecule has 1 amide bonds. The van der Waals surface area contributed by atoms with Crippen LogP contribution < -0.4 is 11.1 Å². The molecule has 1 aliphatic rings. The van der Waals surface area contributed by atoms with Crippen LogP contribution in [0.1, 0.15) is 39.5 Å². The second-order valence-corrected chi connectivity index (χ2v) is 6.44. The molecule has 1 rings (SSSR count). The number of carbonyl (C=O) groups excluding carboxylic acids is 1. The monoisotopic (exact) mass is 258 g/mol. The van der Waals surface area contributed by atoms with Crippen LogP contribution in [0.2, 0.25) is 0 Å². The number of hydrogen-bond acceptors (Lipinski definition) is 3. The first-order valence-corrected chi connectivity index (χ1v) is 7.86. The maximum Gasteiger partial charge on any atom is 0.230 e. The Morgan fingerprint density at radius 1 is 1.47 bits per heavy atom. The van der Waals surface area contributed by atoms with E-state index >= 15 is 0 Å². The summed E-state index contributed by atoms with van der Waals surface area (Å²) in [4.78, 5) is 11.7. The smallest absolute Gasteiger partial charge is 0.230 e. The van der Waals surface area contributed by atoms with Gasteiger partial charge < -0.3 is 11.1 Å². The molecule has 100 valence electrons. The van der Waals surface area contributed by atoms with Crippen molar-refractivity contribution in [2.75, 3.05) is 18.1 Å². The second kappa shape index (κ2) is 7.98. The average molecular weight is 258 g/mol. The summed E-state index contributed by atoms with van der Waals surface area (Å²) < 4.78 is 0. The van der Waals surface area contributed by atoms with Gasteiger partial charge in [-0.3, -0.25) is 4.79 Å². The van der Waals surface area contributed by atoms with Crippen LogP contribution in [0.5, 0.6) is 0 Å². The van der Waals surface area contributed by atoms with Gasteiger partial charge in [0.2, 0.25) is 5.91 Å². The highest BCUT2D eigenvalue weighted by atomic mass is 32.2. The SMILES string of the molecule is CC(C)CCSCC(=O)NC1CCCC1CN. The lowest BCUT2D eigenvalue weighted by Gasteiger charge is -2.19. The van der Waals surface area contributed by atoms with Gasteiger partial charge in [0.05, 0.1) is 5.75 Å². The molecule has 0 spiro atoms. The Bertz CT molecular complexity index is 233. The number of carbonyl (C=O) groups is 1. The Labute approximate surface area is 109 Å². The summed E-state index contributed by atoms with van der Waals surface area (Å²) in [6.45, 7) is 5.13. The molecule has 0 bridgehead atoms. The van der Waals surface area contributed by atoms with E-state index in [1.807, 2.05) is 0 Å². The molecule has 4 heteroatoms. The van der Waals surface area contributed by atoms with E-state index in [4.69, 9.17) is 5.73 Å². The minimum atomic E-state index is 0.184. The van der Waals surface area contributed by atoms with Gasteiger partial charge >= 0.3 is 0 Å². The first-order chi connectivity index (χ1) is 8.13. The number of nitrogens with one attached hydrogen (secondary N) is 1. The molecule has 1 fully saturated rings. The molecule has 0 aromatic heterocycles. The summed E-state index contributed by atoms with van der Waals surface area (Å²) in [6.07, 6.45) is 4.66. The topological polar surface area (TPSA) is 55.1 Å². The predicted molar refractivity (Wildman–Crippen MR) is 75.1 cm³/mol. The first-order valence-electron chi connectivity index (χ1n) is 6.70. The molecule has 0 aliphatic heterocycles. The van der Waals surface area contributed by atoms with Gasteiger partial charge in [0, 0.05) is 6.04 Å². The van der Waals surface area contributed by atoms with Gasteiger partial charge in [-0.15, -0.1) is 0 Å². The number of amides is 1. The molecule has 0 heterocycles. The normalized spacial score (nSPS) is 24.2. The van der Waals surface area contributed by atoms with Crippen LogP contribution in [-0.4, -0.2) is 30.0 Å². The molecule has 0 aromatic carbocycles. The van der Waals surface area contributed by atoms with Crippen molar-refractivity contribution in [3.8, 4) is 0 Å². The third-order valence-corrected chi connectivity index (χ3v) is 4.37. The maximum absolute atomic E-state index is 11.7. The molecule has 2 atom stereocenters. The van der Waals surface area contributed by atoms with Crippen molar-refractivity contribution < 1.29 is 4.79 Å². The van der Waals surface area contributed by atoms with Gasteiger partial charge in [0.25, 0.3) is 0 Å². The lowest BCUT2D eigenvalue weighted by atomic mass is 10.0. The van der Waals surface area contributed by atoms with Crippen LogP contribution in [0.3, 0.4) is 0 Å². The van der Waals surface area contributed by atoms with E-state index in [0.29, 0.717) is 24.3 Å². The first kappa shape index (κ1) is 14.8. The molecule has 1 aliphatic carbocycles. The van der Waals surface area contributed by atoms with E-state index < -0.39 is 0 Å². The summed E-state index contributed by atoms with van der Waals surface area (Å²) in [7, 11) is 0. The summed E-state index contributed by atoms with van der Waals surface area (Å²) in [5.74, 6) is 3.09. The summed E-state index contributed by atoms with van der Waals surface area (Å²) in [5.41, 5.74) is 5.70. The molecule has 3 N–H and O–H groups in total. The van der Waals surface area contributed by atoms with Crippen LogP contribution in [0.25, 0.3) is 0 Å². The van der Waals surface area contributed by atoms with Crippen LogP contribution in [0, 0.1) is 11.8 Å². The predicted octanol–water partition coefficient (Wildman–Crippen LogP) is 2.01. The van der Waals surface area contributed by atoms with Crippen LogP contribution >= 0.6 is 11.8 Å². The Balaban J connectivity index is 2.12. The van der Waals surface area contributed by atoms with E-state index in [0.717, 1.165) is 18.1 Å². The molecule has 0 radical (unpaired) electrons. The second-order valence-electron chi connectivity index (χ2n) is 5.34. The third kappa shape index (κ3) is 5.77. The van der Waals surface area contributed by atoms with Crippen molar-refractivity contribution in [2.45, 2.75) is 45.6 Å². The lowest BCUT2D eigenvalue weighted by Crippen LogP contribution is -2.40. The zero-order valence-corrected chi connectivity index (χ0v) is 11.9. The van der Waals surface area contributed by atoms with Crippen LogP contribution in [0.15, 0.2) is 0 Å². The lowest BCUT2D eigenvalue weighted by molar-refractivity contribution is -0.119. The molecule has 1 saturated carbocycles. The van der Waals surface area contributed by atoms with E-state index in [2.05, 4.69) is 19.2 Å². The summed E-state index contributed by atoms with van der Waals surface area (Å²) in [6, 6.07) is 0.332. The fourth-order valence-corrected chi connectivity index (χ4v) is 3.29. The molecule has 0 saturated heterocycles. The Kier molecular flexibility index (Phi) is 6.97. The highest BCUT2D eigenvalue weighted by molar-refractivity contribution is 7.99. The molecule has 0 aromatic rings. The van der Waals surface area contributed by atoms with Gasteiger partial charge in [-0.1, -0.05) is 20.3 Å². The highest BCUT2D eigenvalue weighted by Gasteiger charge is 2.26. The summed E-state index contributed by atoms with van der Waals surface area (Å²) in [5, 5.41) is 3.13. The van der Waals surface area contributed by atoms with Gasteiger partial charge in [0.15, 0.2) is 0 Å². The zero-order chi connectivity index (χ0) is 12.7. The van der Waals surface area contributed by atoms with Gasteiger partial charge in [-0.25, -0.2) is 0 Å². The third-order valence-electron chi connectivity index (χ3n) is 3.38. The van der Waals surface area contributed by atoms with E-state index in [9.17, 15) is 4.79 Å². The fourth-order valence-electron chi connectivity index (χ4n) is 2.24. The Morgan fingerprint density at radius 3 is 2.88 bits per heavy atom. The molecule has 17 heavy (non-hydrogen) atoms. The molecule has 3 nitrogen and oxygen atoms in total. The zero-order valence-electron chi connectivity index (χ0n) is 11.1. The Hall–Kier alpha value is -0.220. The number of rotatable bonds is 7. The Morgan fingerprint density at radius 2 is 2.24 bits per heavy atom. The quantitative estimate of drug-likeness (QED) is 0.687. The number of thioether (sulfide) groups is 1. The average Bonchev–Trinajstić information content (AvgIpc) is 2.71. The standard InChI is InChI=1S/C13H26N2OS/c1-10(2)6-7-17-9-13(16)15-12-5-3-4-11(12)8-14/h10-12H,3-9,14H2,1-2H3,(H,15,16). The fraction of sp³-hybridized carbons (Fsp3) is 0.923. The van der Waals surface area contributed by atoms with Crippen LogP contribution in [0.4, 0.5) is 0 Å².